The number of rotatable bonds is 1. The normalized spacial score (nSPS) is 20.5. The molecule has 1 fully saturated rings. The molecule has 3 rings (SSSR count). The summed E-state index contributed by atoms with van der Waals surface area (Å²) < 4.78 is 0. The van der Waals surface area contributed by atoms with E-state index in [1.807, 2.05) is 0 Å². The van der Waals surface area contributed by atoms with Gasteiger partial charge in [-0.15, -0.1) is 0 Å². The zero-order valence-corrected chi connectivity index (χ0v) is 10.1. The molecule has 2 bridgehead atoms. The monoisotopic (exact) mass is 229 g/mol. The molecule has 0 heterocycles. The van der Waals surface area contributed by atoms with Crippen LogP contribution in [0.3, 0.4) is 0 Å². The molecule has 2 nitrogen and oxygen atoms in total. The first-order valence-electron chi connectivity index (χ1n) is 6.11. The Morgan fingerprint density at radius 3 is 2.41 bits per heavy atom. The Morgan fingerprint density at radius 1 is 1.35 bits per heavy atom. The predicted molar refractivity (Wildman–Crippen MR) is 65.6 cm³/mol. The van der Waals surface area contributed by atoms with Gasteiger partial charge in [-0.1, -0.05) is 35.9 Å². The lowest BCUT2D eigenvalue weighted by Crippen LogP contribution is -2.23. The molecule has 1 aromatic carbocycles. The first-order valence-corrected chi connectivity index (χ1v) is 6.11. The molecule has 90 valence electrons. The summed E-state index contributed by atoms with van der Waals surface area (Å²) >= 11 is 0. The summed E-state index contributed by atoms with van der Waals surface area (Å²) in [5.74, 6) is -0.0342. The van der Waals surface area contributed by atoms with Crippen molar-refractivity contribution >= 4 is 5.97 Å². The summed E-state index contributed by atoms with van der Waals surface area (Å²) in [4.78, 5) is 10.3. The van der Waals surface area contributed by atoms with Gasteiger partial charge in [0.15, 0.2) is 0 Å². The quantitative estimate of drug-likeness (QED) is 0.694. The number of carbonyl (C=O) groups is 1. The summed E-state index contributed by atoms with van der Waals surface area (Å²) in [7, 11) is 0. The average Bonchev–Trinajstić information content (AvgIpc) is 2.94. The number of fused-ring (bicyclic) bond motifs is 2. The van der Waals surface area contributed by atoms with E-state index in [4.69, 9.17) is 0 Å². The van der Waals surface area contributed by atoms with E-state index in [0.717, 1.165) is 11.5 Å². The molecule has 0 aliphatic heterocycles. The maximum atomic E-state index is 10.3. The number of aryl methyl sites for hydroxylation is 1. The third-order valence-electron chi connectivity index (χ3n) is 3.53. The van der Waals surface area contributed by atoms with Crippen LogP contribution in [-0.2, 0) is 0 Å². The smallest absolute Gasteiger partial charge is 0.0717 e. The lowest BCUT2D eigenvalue weighted by Gasteiger charge is -2.03. The number of allylic oxidation sites excluding steroid dienone is 2. The second-order valence-corrected chi connectivity index (χ2v) is 4.81. The van der Waals surface area contributed by atoms with Crippen molar-refractivity contribution in [3.8, 4) is 0 Å². The zero-order chi connectivity index (χ0) is 12.3. The molecule has 1 saturated carbocycles. The van der Waals surface area contributed by atoms with Gasteiger partial charge in [-0.05, 0) is 44.1 Å². The van der Waals surface area contributed by atoms with Gasteiger partial charge >= 0.3 is 0 Å². The van der Waals surface area contributed by atoms with Crippen molar-refractivity contribution in [1.82, 2.24) is 0 Å². The molecule has 2 aliphatic rings. The third kappa shape index (κ3) is 2.96. The topological polar surface area (TPSA) is 40.1 Å². The van der Waals surface area contributed by atoms with E-state index in [2.05, 4.69) is 6.08 Å². The SMILES string of the molecule is C1=C2CCC(C1)C2.Cc1ccccc1C(=O)[O-]. The summed E-state index contributed by atoms with van der Waals surface area (Å²) in [6.07, 6.45) is 8.18. The van der Waals surface area contributed by atoms with Crippen LogP contribution in [0.5, 0.6) is 0 Å². The van der Waals surface area contributed by atoms with Crippen molar-refractivity contribution < 1.29 is 9.90 Å². The van der Waals surface area contributed by atoms with Crippen LogP contribution < -0.4 is 5.11 Å². The van der Waals surface area contributed by atoms with Gasteiger partial charge in [-0.2, -0.15) is 0 Å². The zero-order valence-electron chi connectivity index (χ0n) is 10.1. The molecular weight excluding hydrogens is 212 g/mol. The van der Waals surface area contributed by atoms with Crippen LogP contribution in [-0.4, -0.2) is 5.97 Å². The van der Waals surface area contributed by atoms with Crippen LogP contribution in [0.25, 0.3) is 0 Å². The van der Waals surface area contributed by atoms with Gasteiger partial charge < -0.3 is 9.90 Å². The van der Waals surface area contributed by atoms with Crippen molar-refractivity contribution in [2.45, 2.75) is 32.6 Å². The fourth-order valence-corrected chi connectivity index (χ4v) is 2.49. The average molecular weight is 229 g/mol. The standard InChI is InChI=1S/C8H8O2.C7H10/c1-6-4-2-3-5-7(6)8(9)10;1-2-7-4-3-6(1)5-7/h2-5H,1H3,(H,9,10);1,7H,2-5H2/p-1. The van der Waals surface area contributed by atoms with E-state index in [9.17, 15) is 9.90 Å². The molecule has 0 saturated heterocycles. The molecule has 17 heavy (non-hydrogen) atoms. The second-order valence-electron chi connectivity index (χ2n) is 4.81. The number of carbonyl (C=O) groups excluding carboxylic acids is 1. The maximum Gasteiger partial charge on any atom is 0.0717 e. The molecule has 1 aromatic rings. The third-order valence-corrected chi connectivity index (χ3v) is 3.53. The lowest BCUT2D eigenvalue weighted by atomic mass is 10.1. The van der Waals surface area contributed by atoms with Crippen molar-refractivity contribution in [2.75, 3.05) is 0 Å². The number of hydrogen-bond acceptors (Lipinski definition) is 2. The van der Waals surface area contributed by atoms with Crippen molar-refractivity contribution in [3.63, 3.8) is 0 Å². The van der Waals surface area contributed by atoms with E-state index in [1.165, 1.54) is 31.7 Å². The maximum absolute atomic E-state index is 10.3. The Morgan fingerprint density at radius 2 is 2.12 bits per heavy atom. The van der Waals surface area contributed by atoms with Crippen LogP contribution in [0, 0.1) is 12.8 Å². The Labute approximate surface area is 102 Å². The Hall–Kier alpha value is -1.57. The number of aromatic carboxylic acids is 1. The van der Waals surface area contributed by atoms with Gasteiger partial charge in [0.2, 0.25) is 0 Å². The van der Waals surface area contributed by atoms with E-state index < -0.39 is 5.97 Å². The highest BCUT2D eigenvalue weighted by atomic mass is 16.4. The van der Waals surface area contributed by atoms with Crippen LogP contribution in [0.2, 0.25) is 0 Å². The van der Waals surface area contributed by atoms with Crippen LogP contribution in [0.1, 0.15) is 41.6 Å². The predicted octanol–water partition coefficient (Wildman–Crippen LogP) is 2.48. The van der Waals surface area contributed by atoms with E-state index >= 15 is 0 Å². The Bertz CT molecular complexity index is 446. The number of benzene rings is 1. The fraction of sp³-hybridized carbons (Fsp3) is 0.400. The van der Waals surface area contributed by atoms with Gasteiger partial charge in [-0.25, -0.2) is 0 Å². The highest BCUT2D eigenvalue weighted by Crippen LogP contribution is 2.38. The Balaban J connectivity index is 0.000000134. The summed E-state index contributed by atoms with van der Waals surface area (Å²) in [6, 6.07) is 6.75. The lowest BCUT2D eigenvalue weighted by molar-refractivity contribution is -0.255. The molecule has 0 spiro atoms. The van der Waals surface area contributed by atoms with Gasteiger partial charge in [-0.3, -0.25) is 0 Å². The van der Waals surface area contributed by atoms with Crippen molar-refractivity contribution in [1.29, 1.82) is 0 Å². The highest BCUT2D eigenvalue weighted by molar-refractivity contribution is 5.87. The van der Waals surface area contributed by atoms with Gasteiger partial charge in [0.05, 0.1) is 5.97 Å². The summed E-state index contributed by atoms with van der Waals surface area (Å²) in [5.41, 5.74) is 2.75. The molecule has 0 radical (unpaired) electrons. The minimum absolute atomic E-state index is 0.266. The molecule has 0 aromatic heterocycles. The van der Waals surface area contributed by atoms with Crippen LogP contribution in [0.15, 0.2) is 35.9 Å². The van der Waals surface area contributed by atoms with Crippen LogP contribution in [0.4, 0.5) is 0 Å². The molecule has 2 aliphatic carbocycles. The molecule has 1 unspecified atom stereocenters. The van der Waals surface area contributed by atoms with Gasteiger partial charge in [0.1, 0.15) is 0 Å². The molecular formula is C15H17O2-. The van der Waals surface area contributed by atoms with E-state index in [1.54, 1.807) is 30.7 Å². The number of carboxylic acids is 1. The van der Waals surface area contributed by atoms with Gasteiger partial charge in [0, 0.05) is 5.56 Å². The van der Waals surface area contributed by atoms with Crippen molar-refractivity contribution in [3.05, 3.63) is 47.0 Å². The largest absolute Gasteiger partial charge is 0.545 e. The molecule has 0 amide bonds. The van der Waals surface area contributed by atoms with E-state index in [0.29, 0.717) is 0 Å². The fourth-order valence-electron chi connectivity index (χ4n) is 2.49. The Kier molecular flexibility index (Phi) is 3.62. The van der Waals surface area contributed by atoms with Crippen LogP contribution >= 0.6 is 0 Å². The first-order chi connectivity index (χ1) is 8.16. The summed E-state index contributed by atoms with van der Waals surface area (Å²) in [6.45, 7) is 1.74. The number of hydrogen-bond donors (Lipinski definition) is 0. The van der Waals surface area contributed by atoms with E-state index in [-0.39, 0.29) is 5.56 Å². The minimum atomic E-state index is -1.11. The minimum Gasteiger partial charge on any atom is -0.545 e. The van der Waals surface area contributed by atoms with Crippen molar-refractivity contribution in [2.24, 2.45) is 5.92 Å². The summed E-state index contributed by atoms with van der Waals surface area (Å²) in [5, 5.41) is 10.3. The first kappa shape index (κ1) is 11.9. The number of carboxylic acid groups (broad SMARTS) is 1. The van der Waals surface area contributed by atoms with Gasteiger partial charge in [0.25, 0.3) is 0 Å². The molecule has 1 atom stereocenters. The second kappa shape index (κ2) is 5.17. The molecule has 2 heteroatoms. The molecule has 0 N–H and O–H groups in total. The highest BCUT2D eigenvalue weighted by Gasteiger charge is 2.22.